The highest BCUT2D eigenvalue weighted by atomic mass is 28.2. The maximum absolute atomic E-state index is 5.57. The second-order valence-corrected chi connectivity index (χ2v) is 5.82. The van der Waals surface area contributed by atoms with Gasteiger partial charge in [0.1, 0.15) is 6.10 Å². The molecule has 4 unspecified atom stereocenters. The van der Waals surface area contributed by atoms with Gasteiger partial charge in [-0.1, -0.05) is 0 Å². The zero-order valence-electron chi connectivity index (χ0n) is 12.4. The van der Waals surface area contributed by atoms with Gasteiger partial charge in [0.25, 0.3) is 5.97 Å². The molecule has 2 rings (SSSR count). The van der Waals surface area contributed by atoms with Crippen LogP contribution in [0, 0.1) is 5.92 Å². The Balaban J connectivity index is 1.83. The third-order valence-electron chi connectivity index (χ3n) is 4.48. The third kappa shape index (κ3) is 3.37. The smallest absolute Gasteiger partial charge is 0.300 e. The molecule has 0 spiro atoms. The first-order valence-corrected chi connectivity index (χ1v) is 7.84. The summed E-state index contributed by atoms with van der Waals surface area (Å²) in [6, 6.07) is 0. The molecule has 5 nitrogen and oxygen atoms in total. The summed E-state index contributed by atoms with van der Waals surface area (Å²) in [5.74, 6) is -0.323. The first-order chi connectivity index (χ1) is 9.19. The molecule has 1 heterocycles. The van der Waals surface area contributed by atoms with Gasteiger partial charge in [-0.3, -0.25) is 0 Å². The van der Waals surface area contributed by atoms with E-state index in [-0.39, 0.29) is 6.10 Å². The van der Waals surface area contributed by atoms with E-state index < -0.39 is 5.97 Å². The van der Waals surface area contributed by atoms with Crippen molar-refractivity contribution in [2.24, 2.45) is 5.92 Å². The average molecular weight is 290 g/mol. The first-order valence-electron chi connectivity index (χ1n) is 7.02. The molecule has 6 heteroatoms. The van der Waals surface area contributed by atoms with Crippen LogP contribution in [-0.2, 0) is 23.4 Å². The zero-order valence-corrected chi connectivity index (χ0v) is 14.4. The lowest BCUT2D eigenvalue weighted by Crippen LogP contribution is -2.49. The molecular formula is C13H26O5Si. The summed E-state index contributed by atoms with van der Waals surface area (Å²) in [4.78, 5) is 0. The van der Waals surface area contributed by atoms with Crippen LogP contribution in [0.2, 0.25) is 0 Å². The van der Waals surface area contributed by atoms with Crippen molar-refractivity contribution in [2.45, 2.75) is 56.4 Å². The molecule has 112 valence electrons. The number of hydrogen-bond acceptors (Lipinski definition) is 5. The van der Waals surface area contributed by atoms with Crippen LogP contribution in [-0.4, -0.2) is 56.1 Å². The van der Waals surface area contributed by atoms with Gasteiger partial charge < -0.3 is 23.4 Å². The molecule has 19 heavy (non-hydrogen) atoms. The minimum absolute atomic E-state index is 0.196. The highest BCUT2D eigenvalue weighted by Crippen LogP contribution is 2.41. The molecule has 0 aromatic rings. The SMILES string of the molecule is COC(CCC1CCC2OC2C1)C(OC)(OC)O[SiH3]. The average Bonchev–Trinajstić information content (AvgIpc) is 3.22. The van der Waals surface area contributed by atoms with Gasteiger partial charge in [-0.2, -0.15) is 0 Å². The fourth-order valence-electron chi connectivity index (χ4n) is 3.22. The summed E-state index contributed by atoms with van der Waals surface area (Å²) in [6.07, 6.45) is 6.54. The predicted molar refractivity (Wildman–Crippen MR) is 73.8 cm³/mol. The Labute approximate surface area is 118 Å². The van der Waals surface area contributed by atoms with Gasteiger partial charge in [-0.25, -0.2) is 0 Å². The van der Waals surface area contributed by atoms with E-state index in [2.05, 4.69) is 0 Å². The van der Waals surface area contributed by atoms with Crippen LogP contribution in [0.4, 0.5) is 0 Å². The number of methoxy groups -OCH3 is 3. The monoisotopic (exact) mass is 290 g/mol. The fourth-order valence-corrected chi connectivity index (χ4v) is 3.82. The maximum Gasteiger partial charge on any atom is 0.300 e. The lowest BCUT2D eigenvalue weighted by Gasteiger charge is -2.36. The Kier molecular flexibility index (Phi) is 5.39. The van der Waals surface area contributed by atoms with Crippen molar-refractivity contribution in [1.82, 2.24) is 0 Å². The van der Waals surface area contributed by atoms with Gasteiger partial charge in [-0.15, -0.1) is 0 Å². The van der Waals surface area contributed by atoms with Gasteiger partial charge >= 0.3 is 0 Å². The Morgan fingerprint density at radius 3 is 2.47 bits per heavy atom. The van der Waals surface area contributed by atoms with Crippen LogP contribution in [0.3, 0.4) is 0 Å². The van der Waals surface area contributed by atoms with Crippen molar-refractivity contribution in [1.29, 1.82) is 0 Å². The predicted octanol–water partition coefficient (Wildman–Crippen LogP) is 0.593. The minimum atomic E-state index is -1.05. The largest absolute Gasteiger partial charge is 0.378 e. The molecule has 1 saturated heterocycles. The van der Waals surface area contributed by atoms with E-state index in [1.54, 1.807) is 21.3 Å². The van der Waals surface area contributed by atoms with Gasteiger partial charge in [0.2, 0.25) is 0 Å². The lowest BCUT2D eigenvalue weighted by atomic mass is 9.85. The number of fused-ring (bicyclic) bond motifs is 1. The number of epoxide rings is 1. The molecule has 0 bridgehead atoms. The summed E-state index contributed by atoms with van der Waals surface area (Å²) in [6.45, 7) is 0. The van der Waals surface area contributed by atoms with Crippen LogP contribution in [0.1, 0.15) is 32.1 Å². The Morgan fingerprint density at radius 2 is 1.95 bits per heavy atom. The summed E-state index contributed by atoms with van der Waals surface area (Å²) in [5, 5.41) is 0. The van der Waals surface area contributed by atoms with E-state index in [9.17, 15) is 0 Å². The molecule has 0 aromatic carbocycles. The van der Waals surface area contributed by atoms with Crippen LogP contribution in [0.15, 0.2) is 0 Å². The molecule has 4 atom stereocenters. The fraction of sp³-hybridized carbons (Fsp3) is 1.00. The van der Waals surface area contributed by atoms with E-state index in [0.717, 1.165) is 18.8 Å². The first kappa shape index (κ1) is 15.4. The van der Waals surface area contributed by atoms with Crippen molar-refractivity contribution >= 4 is 10.5 Å². The highest BCUT2D eigenvalue weighted by molar-refractivity contribution is 5.98. The third-order valence-corrected chi connectivity index (χ3v) is 5.05. The molecule has 0 radical (unpaired) electrons. The molecule has 2 aliphatic rings. The van der Waals surface area contributed by atoms with Crippen LogP contribution < -0.4 is 0 Å². The summed E-state index contributed by atoms with van der Waals surface area (Å²) in [5.41, 5.74) is 0. The second-order valence-electron chi connectivity index (χ2n) is 5.41. The van der Waals surface area contributed by atoms with Gasteiger partial charge in [0.05, 0.1) is 12.2 Å². The molecular weight excluding hydrogens is 264 g/mol. The lowest BCUT2D eigenvalue weighted by molar-refractivity contribution is -0.366. The van der Waals surface area contributed by atoms with Gasteiger partial charge in [0, 0.05) is 21.3 Å². The number of rotatable bonds is 8. The van der Waals surface area contributed by atoms with Crippen molar-refractivity contribution in [2.75, 3.05) is 21.3 Å². The summed E-state index contributed by atoms with van der Waals surface area (Å²) < 4.78 is 27.4. The van der Waals surface area contributed by atoms with Crippen LogP contribution >= 0.6 is 0 Å². The number of hydrogen-bond donors (Lipinski definition) is 0. The van der Waals surface area contributed by atoms with Crippen molar-refractivity contribution < 1.29 is 23.4 Å². The highest BCUT2D eigenvalue weighted by Gasteiger charge is 2.45. The quantitative estimate of drug-likeness (QED) is 0.372. The maximum atomic E-state index is 5.57. The van der Waals surface area contributed by atoms with E-state index in [0.29, 0.717) is 22.7 Å². The summed E-state index contributed by atoms with van der Waals surface area (Å²) in [7, 11) is 5.41. The molecule has 0 N–H and O–H groups in total. The van der Waals surface area contributed by atoms with Gasteiger partial charge in [-0.05, 0) is 38.0 Å². The Hall–Kier alpha value is 0.0169. The molecule has 1 aliphatic carbocycles. The Bertz CT molecular complexity index is 276. The van der Waals surface area contributed by atoms with Crippen LogP contribution in [0.25, 0.3) is 0 Å². The zero-order chi connectivity index (χ0) is 13.9. The Morgan fingerprint density at radius 1 is 1.21 bits per heavy atom. The topological polar surface area (TPSA) is 49.5 Å². The van der Waals surface area contributed by atoms with E-state index in [1.165, 1.54) is 19.3 Å². The normalized spacial score (nSPS) is 32.1. The molecule has 0 aromatic heterocycles. The second kappa shape index (κ2) is 6.65. The van der Waals surface area contributed by atoms with E-state index in [4.69, 9.17) is 23.4 Å². The summed E-state index contributed by atoms with van der Waals surface area (Å²) >= 11 is 0. The van der Waals surface area contributed by atoms with E-state index in [1.807, 2.05) is 0 Å². The van der Waals surface area contributed by atoms with Crippen LogP contribution in [0.5, 0.6) is 0 Å². The minimum Gasteiger partial charge on any atom is -0.378 e. The van der Waals surface area contributed by atoms with E-state index >= 15 is 0 Å². The molecule has 1 saturated carbocycles. The standard InChI is InChI=1S/C13H26O5Si/c1-14-12(13(15-2,16-3)18-19)7-5-9-4-6-10-11(8-9)17-10/h9-12H,4-8H2,1-3,19H3. The molecule has 2 fully saturated rings. The van der Waals surface area contributed by atoms with Gasteiger partial charge in [0.15, 0.2) is 10.5 Å². The van der Waals surface area contributed by atoms with Crippen molar-refractivity contribution in [3.63, 3.8) is 0 Å². The molecule has 1 aliphatic heterocycles. The number of ether oxygens (including phenoxy) is 4. The van der Waals surface area contributed by atoms with Crippen molar-refractivity contribution in [3.05, 3.63) is 0 Å². The van der Waals surface area contributed by atoms with Crippen molar-refractivity contribution in [3.8, 4) is 0 Å². The molecule has 0 amide bonds.